The number of carbonyl (C=O) groups is 2. The molecule has 1 aliphatic heterocycles. The molecule has 3 unspecified atom stereocenters. The van der Waals surface area contributed by atoms with Gasteiger partial charge in [0.05, 0.1) is 23.9 Å². The molecule has 0 spiro atoms. The van der Waals surface area contributed by atoms with Gasteiger partial charge in [-0.25, -0.2) is 4.79 Å². The van der Waals surface area contributed by atoms with E-state index in [2.05, 4.69) is 15.6 Å². The smallest absolute Gasteiger partial charge is 0.315 e. The van der Waals surface area contributed by atoms with Crippen LogP contribution in [0.2, 0.25) is 0 Å². The Morgan fingerprint density at radius 2 is 1.83 bits per heavy atom. The van der Waals surface area contributed by atoms with Crippen LogP contribution in [0.15, 0.2) is 48.7 Å². The van der Waals surface area contributed by atoms with Gasteiger partial charge in [-0.15, -0.1) is 0 Å². The predicted molar refractivity (Wildman–Crippen MR) is 110 cm³/mol. The van der Waals surface area contributed by atoms with Crippen molar-refractivity contribution < 1.29 is 14.3 Å². The minimum Gasteiger partial charge on any atom is -0.372 e. The van der Waals surface area contributed by atoms with Gasteiger partial charge in [-0.1, -0.05) is 18.2 Å². The van der Waals surface area contributed by atoms with Gasteiger partial charge in [0.15, 0.2) is 0 Å². The van der Waals surface area contributed by atoms with Crippen molar-refractivity contribution in [2.24, 2.45) is 0 Å². The summed E-state index contributed by atoms with van der Waals surface area (Å²) in [6.07, 6.45) is 1.78. The molecule has 29 heavy (non-hydrogen) atoms. The van der Waals surface area contributed by atoms with Crippen LogP contribution < -0.4 is 10.6 Å². The lowest BCUT2D eigenvalue weighted by molar-refractivity contribution is -0.0586. The third kappa shape index (κ3) is 5.77. The molecule has 154 valence electrons. The number of carbonyl (C=O) groups excluding carboxylic acids is 2. The second-order valence-corrected chi connectivity index (χ2v) is 7.47. The molecule has 0 aliphatic carbocycles. The lowest BCUT2D eigenvalue weighted by Crippen LogP contribution is -2.48. The highest BCUT2D eigenvalue weighted by Crippen LogP contribution is 2.15. The quantitative estimate of drug-likeness (QED) is 0.814. The molecular formula is C22H28N4O3. The molecule has 3 atom stereocenters. The average molecular weight is 396 g/mol. The fourth-order valence-electron chi connectivity index (χ4n) is 3.43. The molecule has 1 aromatic heterocycles. The molecule has 3 amide bonds. The largest absolute Gasteiger partial charge is 0.372 e. The van der Waals surface area contributed by atoms with Gasteiger partial charge in [0.25, 0.3) is 5.91 Å². The van der Waals surface area contributed by atoms with Crippen molar-refractivity contribution in [3.63, 3.8) is 0 Å². The fraction of sp³-hybridized carbons (Fsp3) is 0.409. The zero-order chi connectivity index (χ0) is 20.8. The van der Waals surface area contributed by atoms with Crippen molar-refractivity contribution in [3.05, 3.63) is 65.5 Å². The van der Waals surface area contributed by atoms with Gasteiger partial charge in [0.1, 0.15) is 0 Å². The highest BCUT2D eigenvalue weighted by Gasteiger charge is 2.26. The second-order valence-electron chi connectivity index (χ2n) is 7.47. The van der Waals surface area contributed by atoms with Crippen LogP contribution in [0.1, 0.15) is 48.4 Å². The molecule has 0 radical (unpaired) electrons. The van der Waals surface area contributed by atoms with Crippen LogP contribution in [0.25, 0.3) is 0 Å². The standard InChI is InChI=1S/C22H28N4O3/c1-15-13-26(14-16(2)29-15)21(27)19-9-7-18(8-10-19)12-24-22(28)25-17(3)20-6-4-5-11-23-20/h4-11,15-17H,12-14H2,1-3H3,(H2,24,25,28). The van der Waals surface area contributed by atoms with Crippen molar-refractivity contribution in [3.8, 4) is 0 Å². The molecule has 0 saturated carbocycles. The van der Waals surface area contributed by atoms with Gasteiger partial charge in [0, 0.05) is 31.4 Å². The third-order valence-corrected chi connectivity index (χ3v) is 4.84. The van der Waals surface area contributed by atoms with E-state index in [1.165, 1.54) is 0 Å². The zero-order valence-electron chi connectivity index (χ0n) is 17.1. The first-order chi connectivity index (χ1) is 13.9. The number of hydrogen-bond acceptors (Lipinski definition) is 4. The van der Waals surface area contributed by atoms with Crippen molar-refractivity contribution in [1.29, 1.82) is 0 Å². The van der Waals surface area contributed by atoms with E-state index in [-0.39, 0.29) is 30.2 Å². The van der Waals surface area contributed by atoms with Crippen molar-refractivity contribution in [2.75, 3.05) is 13.1 Å². The maximum atomic E-state index is 12.7. The van der Waals surface area contributed by atoms with E-state index < -0.39 is 0 Å². The van der Waals surface area contributed by atoms with E-state index in [4.69, 9.17) is 4.74 Å². The minimum absolute atomic E-state index is 0.00781. The van der Waals surface area contributed by atoms with Gasteiger partial charge < -0.3 is 20.3 Å². The number of amides is 3. The number of aromatic nitrogens is 1. The second kappa shape index (κ2) is 9.52. The average Bonchev–Trinajstić information content (AvgIpc) is 2.72. The summed E-state index contributed by atoms with van der Waals surface area (Å²) in [7, 11) is 0. The lowest BCUT2D eigenvalue weighted by atomic mass is 10.1. The Kier molecular flexibility index (Phi) is 6.82. The Bertz CT molecular complexity index is 816. The van der Waals surface area contributed by atoms with Crippen molar-refractivity contribution in [2.45, 2.75) is 45.6 Å². The fourth-order valence-corrected chi connectivity index (χ4v) is 3.43. The number of morpholine rings is 1. The molecule has 2 aromatic rings. The van der Waals surface area contributed by atoms with Gasteiger partial charge >= 0.3 is 6.03 Å². The number of pyridine rings is 1. The minimum atomic E-state index is -0.264. The summed E-state index contributed by atoms with van der Waals surface area (Å²) < 4.78 is 5.69. The Morgan fingerprint density at radius 1 is 1.14 bits per heavy atom. The van der Waals surface area contributed by atoms with Gasteiger partial charge in [-0.05, 0) is 50.6 Å². The zero-order valence-corrected chi connectivity index (χ0v) is 17.1. The summed E-state index contributed by atoms with van der Waals surface area (Å²) in [5.74, 6) is 0.00781. The summed E-state index contributed by atoms with van der Waals surface area (Å²) >= 11 is 0. The van der Waals surface area contributed by atoms with E-state index in [1.54, 1.807) is 18.3 Å². The first-order valence-corrected chi connectivity index (χ1v) is 9.91. The van der Waals surface area contributed by atoms with Crippen LogP contribution in [-0.4, -0.2) is 47.1 Å². The highest BCUT2D eigenvalue weighted by molar-refractivity contribution is 5.94. The van der Waals surface area contributed by atoms with E-state index in [1.807, 2.05) is 56.0 Å². The summed E-state index contributed by atoms with van der Waals surface area (Å²) in [6, 6.07) is 12.5. The van der Waals surface area contributed by atoms with E-state index in [0.717, 1.165) is 11.3 Å². The Hall–Kier alpha value is -2.93. The van der Waals surface area contributed by atoms with E-state index in [0.29, 0.717) is 25.2 Å². The number of nitrogens with zero attached hydrogens (tertiary/aromatic N) is 2. The van der Waals surface area contributed by atoms with E-state index in [9.17, 15) is 9.59 Å². The predicted octanol–water partition coefficient (Wildman–Crippen LogP) is 2.89. The molecule has 1 aliphatic rings. The number of benzene rings is 1. The highest BCUT2D eigenvalue weighted by atomic mass is 16.5. The molecule has 7 heteroatoms. The molecule has 1 saturated heterocycles. The summed E-state index contributed by atoms with van der Waals surface area (Å²) in [5.41, 5.74) is 2.37. The third-order valence-electron chi connectivity index (χ3n) is 4.84. The van der Waals surface area contributed by atoms with Gasteiger partial charge in [-0.2, -0.15) is 0 Å². The normalized spacial score (nSPS) is 20.0. The van der Waals surface area contributed by atoms with Crippen LogP contribution >= 0.6 is 0 Å². The number of nitrogens with one attached hydrogen (secondary N) is 2. The monoisotopic (exact) mass is 396 g/mol. The molecule has 7 nitrogen and oxygen atoms in total. The van der Waals surface area contributed by atoms with Gasteiger partial charge in [-0.3, -0.25) is 9.78 Å². The molecule has 0 bridgehead atoms. The number of hydrogen-bond donors (Lipinski definition) is 2. The summed E-state index contributed by atoms with van der Waals surface area (Å²) in [6.45, 7) is 7.41. The van der Waals surface area contributed by atoms with Crippen LogP contribution in [-0.2, 0) is 11.3 Å². The maximum absolute atomic E-state index is 12.7. The van der Waals surface area contributed by atoms with Crippen LogP contribution in [0.5, 0.6) is 0 Å². The first-order valence-electron chi connectivity index (χ1n) is 9.91. The van der Waals surface area contributed by atoms with Crippen LogP contribution in [0.4, 0.5) is 4.79 Å². The summed E-state index contributed by atoms with van der Waals surface area (Å²) in [4.78, 5) is 30.9. The topological polar surface area (TPSA) is 83.6 Å². The molecular weight excluding hydrogens is 368 g/mol. The molecule has 2 N–H and O–H groups in total. The van der Waals surface area contributed by atoms with Gasteiger partial charge in [0.2, 0.25) is 0 Å². The van der Waals surface area contributed by atoms with Crippen molar-refractivity contribution in [1.82, 2.24) is 20.5 Å². The van der Waals surface area contributed by atoms with E-state index >= 15 is 0 Å². The number of ether oxygens (including phenoxy) is 1. The van der Waals surface area contributed by atoms with Crippen LogP contribution in [0, 0.1) is 0 Å². The Morgan fingerprint density at radius 3 is 2.45 bits per heavy atom. The SMILES string of the molecule is CC1CN(C(=O)c2ccc(CNC(=O)NC(C)c3ccccn3)cc2)CC(C)O1. The molecule has 3 rings (SSSR count). The van der Waals surface area contributed by atoms with Crippen LogP contribution in [0.3, 0.4) is 0 Å². The Balaban J connectivity index is 1.50. The Labute approximate surface area is 171 Å². The maximum Gasteiger partial charge on any atom is 0.315 e. The molecule has 1 aromatic carbocycles. The number of rotatable bonds is 5. The summed E-state index contributed by atoms with van der Waals surface area (Å²) in [5, 5.41) is 5.70. The lowest BCUT2D eigenvalue weighted by Gasteiger charge is -2.35. The van der Waals surface area contributed by atoms with Crippen molar-refractivity contribution >= 4 is 11.9 Å². The first kappa shape index (κ1) is 20.8. The molecule has 2 heterocycles. The number of urea groups is 1. The molecule has 1 fully saturated rings.